The standard InChI is InChI=1S/C13H21N5O2S/c1-3-9-8-10-11(15-4-5-20-7-6-19-2)16-13(18-14)17-12(10)21-9/h8H,3-7,14H2,1-2H3,(H2,15,16,17,18). The van der Waals surface area contributed by atoms with E-state index in [2.05, 4.69) is 33.7 Å². The summed E-state index contributed by atoms with van der Waals surface area (Å²) in [5, 5.41) is 4.29. The van der Waals surface area contributed by atoms with Crippen LogP contribution < -0.4 is 16.6 Å². The van der Waals surface area contributed by atoms with Crippen LogP contribution in [-0.4, -0.2) is 43.4 Å². The number of nitrogens with one attached hydrogen (secondary N) is 2. The Balaban J connectivity index is 2.04. The maximum absolute atomic E-state index is 5.42. The summed E-state index contributed by atoms with van der Waals surface area (Å²) >= 11 is 1.66. The summed E-state index contributed by atoms with van der Waals surface area (Å²) in [5.41, 5.74) is 2.50. The van der Waals surface area contributed by atoms with Crippen molar-refractivity contribution in [1.29, 1.82) is 0 Å². The average molecular weight is 311 g/mol. The normalized spacial score (nSPS) is 11.0. The van der Waals surface area contributed by atoms with Crippen LogP contribution in [0, 0.1) is 0 Å². The van der Waals surface area contributed by atoms with Gasteiger partial charge in [-0.1, -0.05) is 6.92 Å². The van der Waals surface area contributed by atoms with E-state index in [0.29, 0.717) is 32.3 Å². The van der Waals surface area contributed by atoms with Crippen molar-refractivity contribution in [3.05, 3.63) is 10.9 Å². The number of hydrazine groups is 1. The number of rotatable bonds is 9. The van der Waals surface area contributed by atoms with Gasteiger partial charge in [-0.3, -0.25) is 5.43 Å². The number of nitrogens with two attached hydrogens (primary N) is 1. The Kier molecular flexibility index (Phi) is 6.12. The van der Waals surface area contributed by atoms with Gasteiger partial charge in [0.1, 0.15) is 10.6 Å². The predicted octanol–water partition coefficient (Wildman–Crippen LogP) is 1.61. The molecule has 0 fully saturated rings. The van der Waals surface area contributed by atoms with Crippen molar-refractivity contribution in [3.8, 4) is 0 Å². The molecule has 0 amide bonds. The minimum absolute atomic E-state index is 0.412. The number of nitrogens with zero attached hydrogens (tertiary/aromatic N) is 2. The summed E-state index contributed by atoms with van der Waals surface area (Å²) in [6, 6.07) is 2.12. The van der Waals surface area contributed by atoms with Gasteiger partial charge in [0.05, 0.1) is 25.2 Å². The van der Waals surface area contributed by atoms with Crippen LogP contribution in [-0.2, 0) is 15.9 Å². The Labute approximate surface area is 127 Å². The number of hydrogen-bond donors (Lipinski definition) is 3. The lowest BCUT2D eigenvalue weighted by molar-refractivity contribution is 0.0759. The van der Waals surface area contributed by atoms with E-state index in [4.69, 9.17) is 15.3 Å². The predicted molar refractivity (Wildman–Crippen MR) is 85.8 cm³/mol. The first kappa shape index (κ1) is 15.9. The number of anilines is 2. The first-order valence-corrected chi connectivity index (χ1v) is 7.67. The zero-order chi connectivity index (χ0) is 15.1. The lowest BCUT2D eigenvalue weighted by Gasteiger charge is -2.08. The molecule has 2 heterocycles. The number of methoxy groups -OCH3 is 1. The fourth-order valence-electron chi connectivity index (χ4n) is 1.83. The quantitative estimate of drug-likeness (QED) is 0.368. The molecule has 0 aromatic carbocycles. The van der Waals surface area contributed by atoms with E-state index >= 15 is 0 Å². The van der Waals surface area contributed by atoms with Gasteiger partial charge in [-0.05, 0) is 12.5 Å². The average Bonchev–Trinajstić information content (AvgIpc) is 2.93. The minimum atomic E-state index is 0.412. The summed E-state index contributed by atoms with van der Waals surface area (Å²) in [7, 11) is 1.66. The molecule has 2 rings (SSSR count). The summed E-state index contributed by atoms with van der Waals surface area (Å²) < 4.78 is 10.3. The summed E-state index contributed by atoms with van der Waals surface area (Å²) in [4.78, 5) is 10.9. The van der Waals surface area contributed by atoms with Crippen molar-refractivity contribution in [2.75, 3.05) is 44.2 Å². The molecule has 8 heteroatoms. The molecule has 0 atom stereocenters. The molecule has 0 aliphatic rings. The lowest BCUT2D eigenvalue weighted by Crippen LogP contribution is -2.15. The van der Waals surface area contributed by atoms with Crippen LogP contribution in [0.5, 0.6) is 0 Å². The van der Waals surface area contributed by atoms with Crippen molar-refractivity contribution >= 4 is 33.3 Å². The second-order valence-electron chi connectivity index (χ2n) is 4.36. The molecule has 0 spiro atoms. The third-order valence-corrected chi connectivity index (χ3v) is 4.07. The van der Waals surface area contributed by atoms with Gasteiger partial charge in [-0.2, -0.15) is 4.98 Å². The highest BCUT2D eigenvalue weighted by Gasteiger charge is 2.10. The maximum atomic E-state index is 5.42. The summed E-state index contributed by atoms with van der Waals surface area (Å²) in [6.07, 6.45) is 0.978. The van der Waals surface area contributed by atoms with E-state index < -0.39 is 0 Å². The van der Waals surface area contributed by atoms with Crippen LogP contribution in [0.15, 0.2) is 6.07 Å². The van der Waals surface area contributed by atoms with E-state index in [1.54, 1.807) is 18.4 Å². The van der Waals surface area contributed by atoms with E-state index in [-0.39, 0.29) is 0 Å². The number of thiophene rings is 1. The third-order valence-electron chi connectivity index (χ3n) is 2.89. The number of aromatic nitrogens is 2. The number of hydrogen-bond acceptors (Lipinski definition) is 8. The van der Waals surface area contributed by atoms with Gasteiger partial charge in [0.2, 0.25) is 5.95 Å². The second-order valence-corrected chi connectivity index (χ2v) is 5.47. The molecule has 0 unspecified atom stereocenters. The van der Waals surface area contributed by atoms with E-state index in [1.807, 2.05) is 0 Å². The highest BCUT2D eigenvalue weighted by Crippen LogP contribution is 2.30. The monoisotopic (exact) mass is 311 g/mol. The zero-order valence-corrected chi connectivity index (χ0v) is 13.1. The number of fused-ring (bicyclic) bond motifs is 1. The molecule has 2 aromatic rings. The molecule has 0 saturated heterocycles. The Morgan fingerprint density at radius 1 is 1.29 bits per heavy atom. The van der Waals surface area contributed by atoms with Crippen LogP contribution in [0.1, 0.15) is 11.8 Å². The van der Waals surface area contributed by atoms with Crippen molar-refractivity contribution in [2.45, 2.75) is 13.3 Å². The molecule has 0 saturated carbocycles. The molecule has 21 heavy (non-hydrogen) atoms. The molecule has 116 valence electrons. The lowest BCUT2D eigenvalue weighted by atomic mass is 10.3. The third kappa shape index (κ3) is 4.24. The molecule has 0 bridgehead atoms. The Hall–Kier alpha value is -1.48. The fourth-order valence-corrected chi connectivity index (χ4v) is 2.80. The first-order valence-electron chi connectivity index (χ1n) is 6.86. The highest BCUT2D eigenvalue weighted by molar-refractivity contribution is 7.18. The van der Waals surface area contributed by atoms with Gasteiger partial charge in [-0.25, -0.2) is 10.8 Å². The molecular weight excluding hydrogens is 290 g/mol. The molecule has 4 N–H and O–H groups in total. The Bertz CT molecular complexity index is 575. The minimum Gasteiger partial charge on any atom is -0.382 e. The van der Waals surface area contributed by atoms with Crippen LogP contribution >= 0.6 is 11.3 Å². The van der Waals surface area contributed by atoms with Crippen LogP contribution in [0.2, 0.25) is 0 Å². The maximum Gasteiger partial charge on any atom is 0.240 e. The highest BCUT2D eigenvalue weighted by atomic mass is 32.1. The zero-order valence-electron chi connectivity index (χ0n) is 12.3. The van der Waals surface area contributed by atoms with E-state index in [9.17, 15) is 0 Å². The second kappa shape index (κ2) is 8.08. The SMILES string of the molecule is CCc1cc2c(NCCOCCOC)nc(NN)nc2s1. The van der Waals surface area contributed by atoms with Crippen molar-refractivity contribution < 1.29 is 9.47 Å². The first-order chi connectivity index (χ1) is 10.3. The Morgan fingerprint density at radius 2 is 2.14 bits per heavy atom. The van der Waals surface area contributed by atoms with Crippen molar-refractivity contribution in [2.24, 2.45) is 5.84 Å². The van der Waals surface area contributed by atoms with Crippen LogP contribution in [0.25, 0.3) is 10.2 Å². The molecule has 0 aliphatic carbocycles. The smallest absolute Gasteiger partial charge is 0.240 e. The van der Waals surface area contributed by atoms with E-state index in [1.165, 1.54) is 4.88 Å². The van der Waals surface area contributed by atoms with Gasteiger partial charge in [-0.15, -0.1) is 11.3 Å². The van der Waals surface area contributed by atoms with Gasteiger partial charge in [0.15, 0.2) is 0 Å². The van der Waals surface area contributed by atoms with Gasteiger partial charge in [0, 0.05) is 18.5 Å². The summed E-state index contributed by atoms with van der Waals surface area (Å²) in [6.45, 7) is 4.56. The van der Waals surface area contributed by atoms with Gasteiger partial charge >= 0.3 is 0 Å². The molecule has 7 nitrogen and oxygen atoms in total. The molecule has 0 radical (unpaired) electrons. The van der Waals surface area contributed by atoms with Crippen molar-refractivity contribution in [3.63, 3.8) is 0 Å². The topological polar surface area (TPSA) is 94.3 Å². The largest absolute Gasteiger partial charge is 0.382 e. The fraction of sp³-hybridized carbons (Fsp3) is 0.538. The van der Waals surface area contributed by atoms with Crippen LogP contribution in [0.4, 0.5) is 11.8 Å². The Morgan fingerprint density at radius 3 is 2.86 bits per heavy atom. The van der Waals surface area contributed by atoms with Crippen LogP contribution in [0.3, 0.4) is 0 Å². The van der Waals surface area contributed by atoms with Gasteiger partial charge < -0.3 is 14.8 Å². The molecule has 2 aromatic heterocycles. The number of nitrogen functional groups attached to an aromatic ring is 1. The molecular formula is C13H21N5O2S. The number of aryl methyl sites for hydroxylation is 1. The van der Waals surface area contributed by atoms with Gasteiger partial charge in [0.25, 0.3) is 0 Å². The summed E-state index contributed by atoms with van der Waals surface area (Å²) in [5.74, 6) is 6.61. The number of ether oxygens (including phenoxy) is 2. The van der Waals surface area contributed by atoms with E-state index in [0.717, 1.165) is 22.5 Å². The molecule has 0 aliphatic heterocycles. The van der Waals surface area contributed by atoms with Crippen molar-refractivity contribution in [1.82, 2.24) is 9.97 Å².